The van der Waals surface area contributed by atoms with Gasteiger partial charge in [0.05, 0.1) is 23.9 Å². The van der Waals surface area contributed by atoms with Crippen LogP contribution >= 0.6 is 11.6 Å². The van der Waals surface area contributed by atoms with E-state index >= 15 is 0 Å². The summed E-state index contributed by atoms with van der Waals surface area (Å²) in [5, 5.41) is 3.61. The first-order chi connectivity index (χ1) is 11.7. The zero-order valence-electron chi connectivity index (χ0n) is 13.3. The molecule has 1 N–H and O–H groups in total. The highest BCUT2D eigenvalue weighted by Crippen LogP contribution is 2.38. The fourth-order valence-electron chi connectivity index (χ4n) is 2.38. The fourth-order valence-corrected chi connectivity index (χ4v) is 2.60. The van der Waals surface area contributed by atoms with Crippen molar-refractivity contribution in [3.63, 3.8) is 0 Å². The molecular weight excluding hydrogens is 330 g/mol. The summed E-state index contributed by atoms with van der Waals surface area (Å²) in [4.78, 5) is 11.8. The molecule has 5 nitrogen and oxygen atoms in total. The Balaban J connectivity index is 1.73. The van der Waals surface area contributed by atoms with Gasteiger partial charge < -0.3 is 19.5 Å². The smallest absolute Gasteiger partial charge is 0.349 e. The van der Waals surface area contributed by atoms with Crippen LogP contribution in [-0.2, 0) is 16.1 Å². The van der Waals surface area contributed by atoms with Gasteiger partial charge in [-0.05, 0) is 18.6 Å². The molecule has 0 fully saturated rings. The van der Waals surface area contributed by atoms with Crippen LogP contribution in [0.2, 0.25) is 5.02 Å². The monoisotopic (exact) mass is 347 g/mol. The van der Waals surface area contributed by atoms with Crippen LogP contribution in [0.15, 0.2) is 42.5 Å². The Bertz CT molecular complexity index is 720. The van der Waals surface area contributed by atoms with Crippen molar-refractivity contribution in [3.05, 3.63) is 53.1 Å². The van der Waals surface area contributed by atoms with Gasteiger partial charge in [-0.15, -0.1) is 0 Å². The van der Waals surface area contributed by atoms with E-state index in [4.69, 9.17) is 25.8 Å². The summed E-state index contributed by atoms with van der Waals surface area (Å²) in [5.41, 5.74) is 1.77. The van der Waals surface area contributed by atoms with Crippen molar-refractivity contribution in [3.8, 4) is 11.5 Å². The van der Waals surface area contributed by atoms with Gasteiger partial charge in [0.15, 0.2) is 0 Å². The van der Waals surface area contributed by atoms with E-state index in [1.165, 1.54) is 0 Å². The highest BCUT2D eigenvalue weighted by molar-refractivity contribution is 6.32. The van der Waals surface area contributed by atoms with Gasteiger partial charge >= 0.3 is 5.97 Å². The molecule has 0 spiro atoms. The first-order valence-electron chi connectivity index (χ1n) is 7.75. The third-order valence-electron chi connectivity index (χ3n) is 3.57. The number of carbonyl (C=O) groups excluding carboxylic acids is 1. The Morgan fingerprint density at radius 1 is 1.33 bits per heavy atom. The Morgan fingerprint density at radius 3 is 2.88 bits per heavy atom. The summed E-state index contributed by atoms with van der Waals surface area (Å²) < 4.78 is 16.5. The molecule has 0 bridgehead atoms. The van der Waals surface area contributed by atoms with E-state index in [1.807, 2.05) is 30.3 Å². The van der Waals surface area contributed by atoms with Gasteiger partial charge in [-0.3, -0.25) is 0 Å². The minimum Gasteiger partial charge on any atom is -0.487 e. The molecule has 1 atom stereocenters. The zero-order chi connectivity index (χ0) is 16.9. The van der Waals surface area contributed by atoms with Gasteiger partial charge in [0.25, 0.3) is 0 Å². The summed E-state index contributed by atoms with van der Waals surface area (Å²) in [6.07, 6.45) is -0.680. The van der Waals surface area contributed by atoms with Crippen molar-refractivity contribution >= 4 is 23.3 Å². The van der Waals surface area contributed by atoms with E-state index in [0.717, 1.165) is 11.3 Å². The molecule has 24 heavy (non-hydrogen) atoms. The van der Waals surface area contributed by atoms with Crippen LogP contribution in [-0.4, -0.2) is 25.2 Å². The molecular formula is C18H18ClNO4. The second-order valence-corrected chi connectivity index (χ2v) is 5.70. The molecule has 3 rings (SSSR count). The molecule has 1 aliphatic rings. The van der Waals surface area contributed by atoms with Crippen LogP contribution < -0.4 is 14.8 Å². The van der Waals surface area contributed by atoms with Crippen LogP contribution in [0.5, 0.6) is 11.5 Å². The Hall–Kier alpha value is -2.40. The maximum atomic E-state index is 11.8. The Kier molecular flexibility index (Phi) is 5.11. The average molecular weight is 348 g/mol. The number of halogens is 1. The lowest BCUT2D eigenvalue weighted by Crippen LogP contribution is -2.38. The first kappa shape index (κ1) is 16.5. The van der Waals surface area contributed by atoms with Gasteiger partial charge in [-0.2, -0.15) is 0 Å². The van der Waals surface area contributed by atoms with Gasteiger partial charge in [0.2, 0.25) is 6.10 Å². The van der Waals surface area contributed by atoms with Crippen LogP contribution in [0, 0.1) is 0 Å². The van der Waals surface area contributed by atoms with Gasteiger partial charge in [-0.1, -0.05) is 41.9 Å². The average Bonchev–Trinajstić information content (AvgIpc) is 2.60. The number of fused-ring (bicyclic) bond motifs is 1. The number of ether oxygens (including phenoxy) is 3. The summed E-state index contributed by atoms with van der Waals surface area (Å²) in [7, 11) is 0. The summed E-state index contributed by atoms with van der Waals surface area (Å²) >= 11 is 6.26. The zero-order valence-corrected chi connectivity index (χ0v) is 14.0. The minimum atomic E-state index is -0.680. The summed E-state index contributed by atoms with van der Waals surface area (Å²) in [5.74, 6) is 0.634. The van der Waals surface area contributed by atoms with E-state index in [9.17, 15) is 4.79 Å². The molecule has 0 saturated heterocycles. The lowest BCUT2D eigenvalue weighted by atomic mass is 10.2. The second kappa shape index (κ2) is 7.45. The predicted octanol–water partition coefficient (Wildman–Crippen LogP) is 3.66. The number of hydrogen-bond donors (Lipinski definition) is 1. The Morgan fingerprint density at radius 2 is 2.12 bits per heavy atom. The van der Waals surface area contributed by atoms with Crippen molar-refractivity contribution in [2.75, 3.05) is 18.5 Å². The van der Waals surface area contributed by atoms with Gasteiger partial charge in [0.1, 0.15) is 18.1 Å². The molecule has 0 aliphatic carbocycles. The molecule has 0 aromatic heterocycles. The second-order valence-electron chi connectivity index (χ2n) is 5.29. The van der Waals surface area contributed by atoms with Crippen molar-refractivity contribution in [2.24, 2.45) is 0 Å². The van der Waals surface area contributed by atoms with E-state index in [2.05, 4.69) is 5.32 Å². The van der Waals surface area contributed by atoms with Crippen LogP contribution in [0.4, 0.5) is 5.69 Å². The topological polar surface area (TPSA) is 56.8 Å². The number of nitrogens with one attached hydrogen (secondary N) is 1. The molecule has 0 saturated carbocycles. The standard InChI is InChI=1S/C18H18ClNO4/c1-2-22-18(21)17-10-20-14-8-13(19)15(9-16(14)24-17)23-11-12-6-4-3-5-7-12/h3-9,17,20H,2,10-11H2,1H3. The number of anilines is 1. The lowest BCUT2D eigenvalue weighted by Gasteiger charge is -2.26. The molecule has 1 heterocycles. The SMILES string of the molecule is CCOC(=O)C1CNc2cc(Cl)c(OCc3ccccc3)cc2O1. The number of benzene rings is 2. The normalized spacial score (nSPS) is 15.7. The number of hydrogen-bond acceptors (Lipinski definition) is 5. The maximum Gasteiger partial charge on any atom is 0.349 e. The molecule has 0 radical (unpaired) electrons. The molecule has 126 valence electrons. The molecule has 0 amide bonds. The highest BCUT2D eigenvalue weighted by Gasteiger charge is 2.28. The molecule has 1 aliphatic heterocycles. The highest BCUT2D eigenvalue weighted by atomic mass is 35.5. The molecule has 1 unspecified atom stereocenters. The third-order valence-corrected chi connectivity index (χ3v) is 3.86. The largest absolute Gasteiger partial charge is 0.487 e. The summed E-state index contributed by atoms with van der Waals surface area (Å²) in [6, 6.07) is 13.2. The lowest BCUT2D eigenvalue weighted by molar-refractivity contribution is -0.150. The van der Waals surface area contributed by atoms with Crippen molar-refractivity contribution in [1.82, 2.24) is 0 Å². The number of esters is 1. The van der Waals surface area contributed by atoms with E-state index in [-0.39, 0.29) is 0 Å². The van der Waals surface area contributed by atoms with Gasteiger partial charge in [-0.25, -0.2) is 4.79 Å². The van der Waals surface area contributed by atoms with E-state index in [0.29, 0.717) is 36.3 Å². The molecule has 2 aromatic rings. The van der Waals surface area contributed by atoms with Crippen LogP contribution in [0.3, 0.4) is 0 Å². The van der Waals surface area contributed by atoms with Crippen LogP contribution in [0.25, 0.3) is 0 Å². The number of carbonyl (C=O) groups is 1. The van der Waals surface area contributed by atoms with Crippen LogP contribution in [0.1, 0.15) is 12.5 Å². The number of rotatable bonds is 5. The van der Waals surface area contributed by atoms with E-state index < -0.39 is 12.1 Å². The Labute approximate surface area is 145 Å². The van der Waals surface area contributed by atoms with Gasteiger partial charge in [0, 0.05) is 6.07 Å². The van der Waals surface area contributed by atoms with Crippen molar-refractivity contribution < 1.29 is 19.0 Å². The molecule has 6 heteroatoms. The minimum absolute atomic E-state index is 0.317. The van der Waals surface area contributed by atoms with E-state index in [1.54, 1.807) is 19.1 Å². The fraction of sp³-hybridized carbons (Fsp3) is 0.278. The molecule has 2 aromatic carbocycles. The van der Waals surface area contributed by atoms with Crippen molar-refractivity contribution in [2.45, 2.75) is 19.6 Å². The predicted molar refractivity (Wildman–Crippen MR) is 91.8 cm³/mol. The quantitative estimate of drug-likeness (QED) is 0.836. The van der Waals surface area contributed by atoms with Crippen molar-refractivity contribution in [1.29, 1.82) is 0 Å². The maximum absolute atomic E-state index is 11.8. The third kappa shape index (κ3) is 3.74. The first-order valence-corrected chi connectivity index (χ1v) is 8.12. The summed E-state index contributed by atoms with van der Waals surface area (Å²) in [6.45, 7) is 2.81.